The number of fused-ring (bicyclic) bond motifs is 2. The van der Waals surface area contributed by atoms with Crippen LogP contribution >= 0.6 is 46.4 Å². The molecule has 1 atom stereocenters. The van der Waals surface area contributed by atoms with Gasteiger partial charge < -0.3 is 10.1 Å². The number of halogens is 4. The highest BCUT2D eigenvalue weighted by atomic mass is 35.5. The maximum Gasteiger partial charge on any atom is 0.329 e. The summed E-state index contributed by atoms with van der Waals surface area (Å²) in [6, 6.07) is 11.6. The second-order valence-corrected chi connectivity index (χ2v) is 10.3. The number of carbonyl (C=O) groups is 4. The van der Waals surface area contributed by atoms with E-state index < -0.39 is 36.3 Å². The lowest BCUT2D eigenvalue weighted by molar-refractivity contribution is -0.151. The summed E-state index contributed by atoms with van der Waals surface area (Å²) < 4.78 is 5.25. The third-order valence-electron chi connectivity index (χ3n) is 5.82. The van der Waals surface area contributed by atoms with Gasteiger partial charge in [0, 0.05) is 11.1 Å². The van der Waals surface area contributed by atoms with E-state index in [9.17, 15) is 19.2 Å². The Labute approximate surface area is 232 Å². The van der Waals surface area contributed by atoms with Gasteiger partial charge in [-0.15, -0.1) is 0 Å². The molecule has 0 radical (unpaired) electrons. The molecule has 0 unspecified atom stereocenters. The largest absolute Gasteiger partial charge is 0.454 e. The number of hydrogen-bond acceptors (Lipinski definition) is 5. The van der Waals surface area contributed by atoms with Crippen molar-refractivity contribution in [3.63, 3.8) is 0 Å². The van der Waals surface area contributed by atoms with Crippen LogP contribution < -0.4 is 5.32 Å². The quantitative estimate of drug-likeness (QED) is 0.146. The SMILES string of the molecule is CC(C)C[C@@H](C(=O)OCC(=O)Nc1cccc2ccccc12)N1C(=O)c2c(Cl)c(Cl)c(Cl)c(Cl)c2C1=O. The van der Waals surface area contributed by atoms with Crippen LogP contribution in [0.15, 0.2) is 42.5 Å². The van der Waals surface area contributed by atoms with Gasteiger partial charge in [-0.3, -0.25) is 19.3 Å². The van der Waals surface area contributed by atoms with Crippen molar-refractivity contribution in [2.45, 2.75) is 26.3 Å². The van der Waals surface area contributed by atoms with Gasteiger partial charge in [-0.2, -0.15) is 0 Å². The highest BCUT2D eigenvalue weighted by Crippen LogP contribution is 2.45. The molecule has 1 heterocycles. The number of esters is 1. The van der Waals surface area contributed by atoms with E-state index in [1.165, 1.54) is 0 Å². The Kier molecular flexibility index (Phi) is 7.99. The molecule has 11 heteroatoms. The number of hydrogen-bond donors (Lipinski definition) is 1. The molecule has 3 aromatic carbocycles. The van der Waals surface area contributed by atoms with Crippen molar-refractivity contribution in [1.29, 1.82) is 0 Å². The lowest BCUT2D eigenvalue weighted by Gasteiger charge is -2.26. The van der Waals surface area contributed by atoms with Crippen LogP contribution in [0.1, 0.15) is 41.0 Å². The van der Waals surface area contributed by atoms with Crippen LogP contribution in [0.4, 0.5) is 5.69 Å². The zero-order chi connectivity index (χ0) is 27.0. The van der Waals surface area contributed by atoms with Gasteiger partial charge >= 0.3 is 5.97 Å². The van der Waals surface area contributed by atoms with Crippen LogP contribution in [-0.2, 0) is 14.3 Å². The Morgan fingerprint density at radius 1 is 0.865 bits per heavy atom. The molecule has 0 saturated carbocycles. The molecule has 4 rings (SSSR count). The van der Waals surface area contributed by atoms with E-state index >= 15 is 0 Å². The van der Waals surface area contributed by atoms with Crippen molar-refractivity contribution in [1.82, 2.24) is 4.90 Å². The molecule has 0 spiro atoms. The maximum absolute atomic E-state index is 13.2. The lowest BCUT2D eigenvalue weighted by Crippen LogP contribution is -2.47. The molecule has 0 saturated heterocycles. The standard InChI is InChI=1S/C26H20Cl4N2O5/c1-12(2)10-16(32-24(34)18-19(25(32)35)21(28)23(30)22(29)20(18)27)26(36)37-11-17(33)31-15-9-5-7-13-6-3-4-8-14(13)15/h3-9,12,16H,10-11H2,1-2H3,(H,31,33)/t16-/m0/s1. The van der Waals surface area contributed by atoms with Crippen molar-refractivity contribution >= 4 is 86.6 Å². The average Bonchev–Trinajstić information content (AvgIpc) is 3.13. The molecule has 1 N–H and O–H groups in total. The first kappa shape index (κ1) is 27.2. The summed E-state index contributed by atoms with van der Waals surface area (Å²) in [5.41, 5.74) is 0.0823. The molecular weight excluding hydrogens is 562 g/mol. The van der Waals surface area contributed by atoms with Crippen LogP contribution in [-0.4, -0.2) is 41.2 Å². The van der Waals surface area contributed by atoms with Crippen molar-refractivity contribution < 1.29 is 23.9 Å². The predicted molar refractivity (Wildman–Crippen MR) is 144 cm³/mol. The Morgan fingerprint density at radius 3 is 2.03 bits per heavy atom. The number of nitrogens with one attached hydrogen (secondary N) is 1. The van der Waals surface area contributed by atoms with Crippen molar-refractivity contribution in [2.75, 3.05) is 11.9 Å². The molecule has 7 nitrogen and oxygen atoms in total. The van der Waals surface area contributed by atoms with E-state index in [0.717, 1.165) is 15.7 Å². The van der Waals surface area contributed by atoms with E-state index in [1.54, 1.807) is 26.0 Å². The summed E-state index contributed by atoms with van der Waals surface area (Å²) in [5, 5.41) is 3.64. The second kappa shape index (κ2) is 10.9. The molecule has 3 aromatic rings. The zero-order valence-corrected chi connectivity index (χ0v) is 22.6. The Balaban J connectivity index is 1.54. The highest BCUT2D eigenvalue weighted by Gasteiger charge is 2.47. The molecule has 192 valence electrons. The zero-order valence-electron chi connectivity index (χ0n) is 19.6. The normalized spacial score (nSPS) is 13.8. The maximum atomic E-state index is 13.2. The first-order chi connectivity index (χ1) is 17.5. The van der Waals surface area contributed by atoms with Gasteiger partial charge in [0.25, 0.3) is 17.7 Å². The minimum atomic E-state index is -1.33. The van der Waals surface area contributed by atoms with Crippen molar-refractivity contribution in [3.05, 3.63) is 73.7 Å². The summed E-state index contributed by atoms with van der Waals surface area (Å²) in [5.74, 6) is -3.34. The van der Waals surface area contributed by atoms with Gasteiger partial charge in [0.05, 0.1) is 31.2 Å². The fourth-order valence-electron chi connectivity index (χ4n) is 4.16. The Bertz CT molecular complexity index is 1400. The molecule has 37 heavy (non-hydrogen) atoms. The predicted octanol–water partition coefficient (Wildman–Crippen LogP) is 6.65. The van der Waals surface area contributed by atoms with E-state index in [2.05, 4.69) is 5.32 Å². The Hall–Kier alpha value is -2.84. The van der Waals surface area contributed by atoms with Crippen molar-refractivity contribution in [2.24, 2.45) is 5.92 Å². The molecule has 1 aliphatic heterocycles. The van der Waals surface area contributed by atoms with Crippen LogP contribution in [0.5, 0.6) is 0 Å². The van der Waals surface area contributed by atoms with Gasteiger partial charge in [-0.1, -0.05) is 96.6 Å². The van der Waals surface area contributed by atoms with Crippen LogP contribution in [0.3, 0.4) is 0 Å². The van der Waals surface area contributed by atoms with Gasteiger partial charge in [0.2, 0.25) is 0 Å². The lowest BCUT2D eigenvalue weighted by atomic mass is 10.0. The summed E-state index contributed by atoms with van der Waals surface area (Å²) >= 11 is 24.6. The van der Waals surface area contributed by atoms with E-state index in [-0.39, 0.29) is 43.6 Å². The number of benzene rings is 3. The van der Waals surface area contributed by atoms with Crippen LogP contribution in [0.2, 0.25) is 20.1 Å². The van der Waals surface area contributed by atoms with Gasteiger partial charge in [0.15, 0.2) is 6.61 Å². The van der Waals surface area contributed by atoms with Gasteiger partial charge in [0.1, 0.15) is 6.04 Å². The first-order valence-electron chi connectivity index (χ1n) is 11.2. The third kappa shape index (κ3) is 5.14. The molecule has 0 aromatic heterocycles. The number of nitrogens with zero attached hydrogens (tertiary/aromatic N) is 1. The number of ether oxygens (including phenoxy) is 1. The minimum absolute atomic E-state index is 0.0753. The highest BCUT2D eigenvalue weighted by molar-refractivity contribution is 6.55. The fourth-order valence-corrected chi connectivity index (χ4v) is 5.17. The third-order valence-corrected chi connectivity index (χ3v) is 7.62. The Morgan fingerprint density at radius 2 is 1.43 bits per heavy atom. The summed E-state index contributed by atoms with van der Waals surface area (Å²) in [7, 11) is 0. The number of amides is 3. The van der Waals surface area contributed by atoms with Crippen LogP contribution in [0.25, 0.3) is 10.8 Å². The molecule has 1 aliphatic rings. The van der Waals surface area contributed by atoms with Gasteiger partial charge in [-0.05, 0) is 23.8 Å². The summed E-state index contributed by atoms with van der Waals surface area (Å²) in [6.45, 7) is 2.98. The van der Waals surface area contributed by atoms with E-state index in [1.807, 2.05) is 30.3 Å². The first-order valence-corrected chi connectivity index (χ1v) is 12.7. The van der Waals surface area contributed by atoms with E-state index in [4.69, 9.17) is 51.1 Å². The number of imide groups is 1. The van der Waals surface area contributed by atoms with Crippen LogP contribution in [0, 0.1) is 5.92 Å². The fraction of sp³-hybridized carbons (Fsp3) is 0.231. The topological polar surface area (TPSA) is 92.8 Å². The smallest absolute Gasteiger partial charge is 0.329 e. The molecule has 0 bridgehead atoms. The molecule has 0 fully saturated rings. The van der Waals surface area contributed by atoms with Crippen molar-refractivity contribution in [3.8, 4) is 0 Å². The van der Waals surface area contributed by atoms with E-state index in [0.29, 0.717) is 5.69 Å². The molecular formula is C26H20Cl4N2O5. The monoisotopic (exact) mass is 580 g/mol. The summed E-state index contributed by atoms with van der Waals surface area (Å²) in [4.78, 5) is 52.9. The van der Waals surface area contributed by atoms with Gasteiger partial charge in [-0.25, -0.2) is 4.79 Å². The minimum Gasteiger partial charge on any atom is -0.454 e. The number of carbonyl (C=O) groups excluding carboxylic acids is 4. The molecule has 0 aliphatic carbocycles. The molecule has 3 amide bonds. The number of anilines is 1. The number of rotatable bonds is 7. The second-order valence-electron chi connectivity index (χ2n) is 8.81. The summed E-state index contributed by atoms with van der Waals surface area (Å²) in [6.07, 6.45) is 0.0753. The average molecular weight is 582 g/mol.